The van der Waals surface area contributed by atoms with Crippen molar-refractivity contribution >= 4 is 11.6 Å². The topological polar surface area (TPSA) is 61.2 Å². The Kier molecular flexibility index (Phi) is 4.45. The van der Waals surface area contributed by atoms with Gasteiger partial charge in [-0.05, 0) is 53.6 Å². The third-order valence-corrected chi connectivity index (χ3v) is 4.26. The molecule has 0 bridgehead atoms. The first-order chi connectivity index (χ1) is 13.1. The summed E-state index contributed by atoms with van der Waals surface area (Å²) in [5.41, 5.74) is 2.64. The van der Waals surface area contributed by atoms with Gasteiger partial charge in [0, 0.05) is 5.70 Å². The Morgan fingerprint density at radius 2 is 1.74 bits per heavy atom. The van der Waals surface area contributed by atoms with Crippen LogP contribution in [-0.4, -0.2) is 28.5 Å². The molecule has 0 spiro atoms. The number of hydrogen-bond acceptors (Lipinski definition) is 5. The number of halogens is 2. The van der Waals surface area contributed by atoms with Crippen molar-refractivity contribution in [1.82, 2.24) is 14.8 Å². The Bertz CT molecular complexity index is 953. The Labute approximate surface area is 154 Å². The Morgan fingerprint density at radius 1 is 1.04 bits per heavy atom. The summed E-state index contributed by atoms with van der Waals surface area (Å²) in [6.45, 7) is -2.85. The van der Waals surface area contributed by atoms with Gasteiger partial charge in [0.1, 0.15) is 23.9 Å². The fraction of sp³-hybridized carbons (Fsp3) is 0.158. The number of nitrogens with one attached hydrogen (secondary N) is 1. The third kappa shape index (κ3) is 3.46. The van der Waals surface area contributed by atoms with Gasteiger partial charge in [-0.2, -0.15) is 18.9 Å². The minimum Gasteiger partial charge on any atom is -0.497 e. The highest BCUT2D eigenvalue weighted by atomic mass is 19.3. The number of ether oxygens (including phenoxy) is 2. The van der Waals surface area contributed by atoms with Crippen molar-refractivity contribution in [3.63, 3.8) is 0 Å². The zero-order chi connectivity index (χ0) is 18.8. The standard InChI is InChI=1S/C19H16F2N4O2/c1-26-14-6-4-13(5-7-14)17-10-16(24-19-22-11-23-25(17)19)12-2-8-15(9-3-12)27-18(20)21/h2-11,17-18H,1H3,(H,22,23,24)/t17-/m0/s1. The number of fused-ring (bicyclic) bond motifs is 1. The van der Waals surface area contributed by atoms with E-state index in [4.69, 9.17) is 4.74 Å². The van der Waals surface area contributed by atoms with Gasteiger partial charge >= 0.3 is 6.61 Å². The molecule has 0 saturated carbocycles. The second-order valence-electron chi connectivity index (χ2n) is 5.85. The normalized spacial score (nSPS) is 15.7. The van der Waals surface area contributed by atoms with Gasteiger partial charge in [-0.15, -0.1) is 0 Å². The highest BCUT2D eigenvalue weighted by Crippen LogP contribution is 2.33. The van der Waals surface area contributed by atoms with Crippen LogP contribution in [0.1, 0.15) is 17.2 Å². The van der Waals surface area contributed by atoms with Crippen LogP contribution in [0.15, 0.2) is 60.9 Å². The Morgan fingerprint density at radius 3 is 2.41 bits per heavy atom. The lowest BCUT2D eigenvalue weighted by molar-refractivity contribution is -0.0498. The minimum atomic E-state index is -2.85. The van der Waals surface area contributed by atoms with Crippen LogP contribution in [0, 0.1) is 0 Å². The van der Waals surface area contributed by atoms with Crippen molar-refractivity contribution in [1.29, 1.82) is 0 Å². The molecule has 1 aliphatic rings. The highest BCUT2D eigenvalue weighted by molar-refractivity contribution is 5.77. The van der Waals surface area contributed by atoms with Gasteiger partial charge in [-0.3, -0.25) is 0 Å². The van der Waals surface area contributed by atoms with E-state index in [0.717, 1.165) is 22.6 Å². The van der Waals surface area contributed by atoms with E-state index < -0.39 is 6.61 Å². The maximum atomic E-state index is 12.3. The van der Waals surface area contributed by atoms with E-state index in [0.29, 0.717) is 5.95 Å². The molecule has 0 amide bonds. The van der Waals surface area contributed by atoms with Crippen LogP contribution in [0.5, 0.6) is 11.5 Å². The first-order valence-electron chi connectivity index (χ1n) is 8.21. The number of benzene rings is 2. The van der Waals surface area contributed by atoms with Crippen molar-refractivity contribution in [2.24, 2.45) is 0 Å². The van der Waals surface area contributed by atoms with E-state index in [9.17, 15) is 8.78 Å². The lowest BCUT2D eigenvalue weighted by Gasteiger charge is -2.24. The number of alkyl halides is 2. The Hall–Kier alpha value is -3.42. The molecule has 0 fully saturated rings. The summed E-state index contributed by atoms with van der Waals surface area (Å²) in [4.78, 5) is 4.25. The van der Waals surface area contributed by atoms with Crippen LogP contribution >= 0.6 is 0 Å². The summed E-state index contributed by atoms with van der Waals surface area (Å²) in [5, 5.41) is 7.51. The molecule has 0 saturated heterocycles. The average molecular weight is 370 g/mol. The molecule has 6 nitrogen and oxygen atoms in total. The van der Waals surface area contributed by atoms with Crippen molar-refractivity contribution in [3.05, 3.63) is 72.1 Å². The van der Waals surface area contributed by atoms with E-state index in [1.165, 1.54) is 18.5 Å². The molecule has 2 aromatic carbocycles. The van der Waals surface area contributed by atoms with E-state index in [1.807, 2.05) is 30.3 Å². The van der Waals surface area contributed by atoms with Crippen LogP contribution in [-0.2, 0) is 0 Å². The molecule has 3 aromatic rings. The van der Waals surface area contributed by atoms with Gasteiger partial charge in [0.2, 0.25) is 5.95 Å². The van der Waals surface area contributed by atoms with Gasteiger partial charge in [-0.1, -0.05) is 12.1 Å². The van der Waals surface area contributed by atoms with E-state index in [-0.39, 0.29) is 11.8 Å². The second-order valence-corrected chi connectivity index (χ2v) is 5.85. The number of rotatable bonds is 5. The number of hydrogen-bond donors (Lipinski definition) is 1. The predicted molar refractivity (Wildman–Crippen MR) is 95.8 cm³/mol. The lowest BCUT2D eigenvalue weighted by atomic mass is 10.0. The van der Waals surface area contributed by atoms with Gasteiger partial charge in [0.05, 0.1) is 7.11 Å². The minimum absolute atomic E-state index is 0.111. The van der Waals surface area contributed by atoms with E-state index >= 15 is 0 Å². The van der Waals surface area contributed by atoms with Gasteiger partial charge < -0.3 is 14.8 Å². The lowest BCUT2D eigenvalue weighted by Crippen LogP contribution is -2.20. The monoisotopic (exact) mass is 370 g/mol. The molecule has 2 heterocycles. The quantitative estimate of drug-likeness (QED) is 0.737. The molecule has 0 unspecified atom stereocenters. The second kappa shape index (κ2) is 7.06. The summed E-state index contributed by atoms with van der Waals surface area (Å²) in [6, 6.07) is 14.0. The summed E-state index contributed by atoms with van der Waals surface area (Å²) in [6.07, 6.45) is 3.49. The first-order valence-corrected chi connectivity index (χ1v) is 8.21. The molecule has 1 atom stereocenters. The molecular formula is C19H16F2N4O2. The van der Waals surface area contributed by atoms with Crippen molar-refractivity contribution in [2.75, 3.05) is 12.4 Å². The zero-order valence-corrected chi connectivity index (χ0v) is 14.3. The molecule has 4 rings (SSSR count). The van der Waals surface area contributed by atoms with Crippen molar-refractivity contribution in [3.8, 4) is 11.5 Å². The number of nitrogens with zero attached hydrogens (tertiary/aromatic N) is 3. The van der Waals surface area contributed by atoms with Crippen LogP contribution < -0.4 is 14.8 Å². The predicted octanol–water partition coefficient (Wildman–Crippen LogP) is 3.94. The van der Waals surface area contributed by atoms with Crippen molar-refractivity contribution < 1.29 is 18.3 Å². The molecule has 8 heteroatoms. The van der Waals surface area contributed by atoms with E-state index in [1.54, 1.807) is 23.9 Å². The van der Waals surface area contributed by atoms with Crippen molar-refractivity contribution in [2.45, 2.75) is 12.7 Å². The number of methoxy groups -OCH3 is 1. The summed E-state index contributed by atoms with van der Waals surface area (Å²) < 4.78 is 36.0. The molecule has 1 aliphatic heterocycles. The van der Waals surface area contributed by atoms with E-state index in [2.05, 4.69) is 20.1 Å². The molecule has 138 valence electrons. The average Bonchev–Trinajstić information content (AvgIpc) is 3.16. The molecule has 0 aliphatic carbocycles. The SMILES string of the molecule is COc1ccc([C@@H]2C=C(c3ccc(OC(F)F)cc3)Nc3ncnn32)cc1. The zero-order valence-electron chi connectivity index (χ0n) is 14.3. The highest BCUT2D eigenvalue weighted by Gasteiger charge is 2.23. The van der Waals surface area contributed by atoms with Gasteiger partial charge in [0.15, 0.2) is 0 Å². The number of allylic oxidation sites excluding steroid dienone is 1. The van der Waals surface area contributed by atoms with Gasteiger partial charge in [-0.25, -0.2) is 4.68 Å². The van der Waals surface area contributed by atoms with Crippen LogP contribution in [0.4, 0.5) is 14.7 Å². The summed E-state index contributed by atoms with van der Waals surface area (Å²) >= 11 is 0. The fourth-order valence-electron chi connectivity index (χ4n) is 2.96. The van der Waals surface area contributed by atoms with Crippen LogP contribution in [0.3, 0.4) is 0 Å². The number of anilines is 1. The third-order valence-electron chi connectivity index (χ3n) is 4.26. The maximum Gasteiger partial charge on any atom is 0.387 e. The fourth-order valence-corrected chi connectivity index (χ4v) is 2.96. The molecule has 27 heavy (non-hydrogen) atoms. The molecule has 0 radical (unpaired) electrons. The largest absolute Gasteiger partial charge is 0.497 e. The Balaban J connectivity index is 1.67. The smallest absolute Gasteiger partial charge is 0.387 e. The van der Waals surface area contributed by atoms with Crippen LogP contribution in [0.25, 0.3) is 5.70 Å². The summed E-state index contributed by atoms with van der Waals surface area (Å²) in [7, 11) is 1.62. The first kappa shape index (κ1) is 17.0. The van der Waals surface area contributed by atoms with Gasteiger partial charge in [0.25, 0.3) is 0 Å². The molecule has 1 N–H and O–H groups in total. The molecular weight excluding hydrogens is 354 g/mol. The van der Waals surface area contributed by atoms with Crippen LogP contribution in [0.2, 0.25) is 0 Å². The maximum absolute atomic E-state index is 12.3. The summed E-state index contributed by atoms with van der Waals surface area (Å²) in [5.74, 6) is 1.48. The number of aromatic nitrogens is 3. The molecule has 1 aromatic heterocycles.